The Kier molecular flexibility index (Phi) is 3.76. The van der Waals surface area contributed by atoms with E-state index in [2.05, 4.69) is 10.4 Å². The third kappa shape index (κ3) is 2.97. The summed E-state index contributed by atoms with van der Waals surface area (Å²) in [6.45, 7) is 1.30. The SMILES string of the molecule is Nc1c(F)cc(F)cc1NCCCn1cccn1. The van der Waals surface area contributed by atoms with Crippen LogP contribution in [-0.2, 0) is 6.54 Å². The molecule has 1 aromatic heterocycles. The Morgan fingerprint density at radius 1 is 1.33 bits per heavy atom. The van der Waals surface area contributed by atoms with Crippen LogP contribution in [0.5, 0.6) is 0 Å². The molecule has 2 rings (SSSR count). The van der Waals surface area contributed by atoms with Crippen LogP contribution in [0.4, 0.5) is 20.2 Å². The topological polar surface area (TPSA) is 55.9 Å². The van der Waals surface area contributed by atoms with E-state index in [1.165, 1.54) is 6.07 Å². The summed E-state index contributed by atoms with van der Waals surface area (Å²) in [6.07, 6.45) is 4.34. The third-order valence-corrected chi connectivity index (χ3v) is 2.53. The van der Waals surface area contributed by atoms with Crippen molar-refractivity contribution in [2.75, 3.05) is 17.6 Å². The molecule has 3 N–H and O–H groups in total. The smallest absolute Gasteiger partial charge is 0.151 e. The van der Waals surface area contributed by atoms with Crippen LogP contribution in [0.1, 0.15) is 6.42 Å². The number of nitrogens with one attached hydrogen (secondary N) is 1. The molecule has 0 radical (unpaired) electrons. The van der Waals surface area contributed by atoms with Crippen LogP contribution >= 0.6 is 0 Å². The molecular formula is C12H14F2N4. The van der Waals surface area contributed by atoms with Crippen molar-refractivity contribution >= 4 is 11.4 Å². The van der Waals surface area contributed by atoms with Crippen LogP contribution in [0.25, 0.3) is 0 Å². The Balaban J connectivity index is 1.86. The van der Waals surface area contributed by atoms with Gasteiger partial charge >= 0.3 is 0 Å². The summed E-state index contributed by atoms with van der Waals surface area (Å²) in [7, 11) is 0. The van der Waals surface area contributed by atoms with Crippen LogP contribution in [0.15, 0.2) is 30.6 Å². The Hall–Kier alpha value is -2.11. The molecule has 18 heavy (non-hydrogen) atoms. The standard InChI is InChI=1S/C12H14F2N4/c13-9-7-10(14)12(15)11(8-9)16-3-1-5-18-6-2-4-17-18/h2,4,6-8,16H,1,3,5,15H2. The highest BCUT2D eigenvalue weighted by molar-refractivity contribution is 5.66. The average Bonchev–Trinajstić information content (AvgIpc) is 2.83. The van der Waals surface area contributed by atoms with Gasteiger partial charge in [0, 0.05) is 31.5 Å². The number of aromatic nitrogens is 2. The van der Waals surface area contributed by atoms with Gasteiger partial charge in [-0.05, 0) is 18.6 Å². The van der Waals surface area contributed by atoms with Crippen molar-refractivity contribution in [2.45, 2.75) is 13.0 Å². The van der Waals surface area contributed by atoms with Crippen molar-refractivity contribution in [3.8, 4) is 0 Å². The Bertz CT molecular complexity index is 511. The Morgan fingerprint density at radius 3 is 2.89 bits per heavy atom. The lowest BCUT2D eigenvalue weighted by molar-refractivity contribution is 0.583. The minimum atomic E-state index is -0.746. The highest BCUT2D eigenvalue weighted by Crippen LogP contribution is 2.23. The van der Waals surface area contributed by atoms with Crippen molar-refractivity contribution < 1.29 is 8.78 Å². The number of nitrogens with zero attached hydrogens (tertiary/aromatic N) is 2. The molecule has 2 aromatic rings. The molecule has 0 spiro atoms. The molecular weight excluding hydrogens is 238 g/mol. The van der Waals surface area contributed by atoms with Gasteiger partial charge in [-0.1, -0.05) is 0 Å². The second-order valence-corrected chi connectivity index (χ2v) is 3.90. The second-order valence-electron chi connectivity index (χ2n) is 3.90. The molecule has 4 nitrogen and oxygen atoms in total. The summed E-state index contributed by atoms with van der Waals surface area (Å²) in [5, 5.41) is 6.96. The number of hydrogen-bond donors (Lipinski definition) is 2. The van der Waals surface area contributed by atoms with E-state index in [9.17, 15) is 8.78 Å². The van der Waals surface area contributed by atoms with E-state index in [-0.39, 0.29) is 11.4 Å². The van der Waals surface area contributed by atoms with Crippen LogP contribution in [-0.4, -0.2) is 16.3 Å². The zero-order chi connectivity index (χ0) is 13.0. The Labute approximate surface area is 103 Å². The maximum atomic E-state index is 13.2. The lowest BCUT2D eigenvalue weighted by Crippen LogP contribution is -2.09. The quantitative estimate of drug-likeness (QED) is 0.634. The summed E-state index contributed by atoms with van der Waals surface area (Å²) in [6, 6.07) is 3.80. The van der Waals surface area contributed by atoms with Gasteiger partial charge < -0.3 is 11.1 Å². The molecule has 0 aliphatic carbocycles. The number of aryl methyl sites for hydroxylation is 1. The number of hydrogen-bond acceptors (Lipinski definition) is 3. The molecule has 1 aromatic carbocycles. The average molecular weight is 252 g/mol. The maximum absolute atomic E-state index is 13.2. The predicted molar refractivity (Wildman–Crippen MR) is 66.1 cm³/mol. The fourth-order valence-corrected chi connectivity index (χ4v) is 1.63. The zero-order valence-electron chi connectivity index (χ0n) is 9.74. The number of nitrogen functional groups attached to an aromatic ring is 1. The number of benzene rings is 1. The largest absolute Gasteiger partial charge is 0.395 e. The molecule has 0 amide bonds. The van der Waals surface area contributed by atoms with Gasteiger partial charge in [0.1, 0.15) is 5.82 Å². The van der Waals surface area contributed by atoms with Crippen molar-refractivity contribution in [2.24, 2.45) is 0 Å². The minimum absolute atomic E-state index is 0.0597. The van der Waals surface area contributed by atoms with Gasteiger partial charge in [-0.25, -0.2) is 8.78 Å². The van der Waals surface area contributed by atoms with Gasteiger partial charge in [0.25, 0.3) is 0 Å². The van der Waals surface area contributed by atoms with E-state index >= 15 is 0 Å². The van der Waals surface area contributed by atoms with Crippen LogP contribution in [0.3, 0.4) is 0 Å². The van der Waals surface area contributed by atoms with Crippen molar-refractivity contribution in [3.05, 3.63) is 42.2 Å². The predicted octanol–water partition coefficient (Wildman–Crippen LogP) is 2.25. The van der Waals surface area contributed by atoms with E-state index in [1.807, 2.05) is 12.3 Å². The summed E-state index contributed by atoms with van der Waals surface area (Å²) >= 11 is 0. The Morgan fingerprint density at radius 2 is 2.17 bits per heavy atom. The first-order valence-electron chi connectivity index (χ1n) is 5.62. The number of nitrogens with two attached hydrogens (primary N) is 1. The molecule has 0 bridgehead atoms. The summed E-state index contributed by atoms with van der Waals surface area (Å²) < 4.78 is 27.9. The number of anilines is 2. The van der Waals surface area contributed by atoms with Crippen molar-refractivity contribution in [1.29, 1.82) is 0 Å². The number of halogens is 2. The molecule has 0 unspecified atom stereocenters. The van der Waals surface area contributed by atoms with Gasteiger partial charge in [-0.2, -0.15) is 5.10 Å². The van der Waals surface area contributed by atoms with E-state index in [0.29, 0.717) is 6.54 Å². The third-order valence-electron chi connectivity index (χ3n) is 2.53. The van der Waals surface area contributed by atoms with Gasteiger partial charge in [-0.3, -0.25) is 4.68 Å². The molecule has 0 aliphatic heterocycles. The van der Waals surface area contributed by atoms with Gasteiger partial charge in [0.05, 0.1) is 11.4 Å². The van der Waals surface area contributed by atoms with Crippen LogP contribution < -0.4 is 11.1 Å². The molecule has 6 heteroatoms. The van der Waals surface area contributed by atoms with Crippen molar-refractivity contribution in [1.82, 2.24) is 9.78 Å². The molecule has 0 saturated carbocycles. The first-order chi connectivity index (χ1) is 8.66. The monoisotopic (exact) mass is 252 g/mol. The molecule has 0 aliphatic rings. The fourth-order valence-electron chi connectivity index (χ4n) is 1.63. The lowest BCUT2D eigenvalue weighted by atomic mass is 10.2. The number of rotatable bonds is 5. The first kappa shape index (κ1) is 12.3. The van der Waals surface area contributed by atoms with Gasteiger partial charge in [0.15, 0.2) is 5.82 Å². The molecule has 0 saturated heterocycles. The van der Waals surface area contributed by atoms with E-state index in [4.69, 9.17) is 5.73 Å². The maximum Gasteiger partial charge on any atom is 0.151 e. The van der Waals surface area contributed by atoms with Crippen LogP contribution in [0, 0.1) is 11.6 Å². The molecule has 0 atom stereocenters. The fraction of sp³-hybridized carbons (Fsp3) is 0.250. The summed E-state index contributed by atoms with van der Waals surface area (Å²) in [5.41, 5.74) is 5.73. The summed E-state index contributed by atoms with van der Waals surface area (Å²) in [5.74, 6) is -1.39. The van der Waals surface area contributed by atoms with Crippen molar-refractivity contribution in [3.63, 3.8) is 0 Å². The highest BCUT2D eigenvalue weighted by atomic mass is 19.1. The van der Waals surface area contributed by atoms with Crippen LogP contribution in [0.2, 0.25) is 0 Å². The normalized spacial score (nSPS) is 10.6. The second kappa shape index (κ2) is 5.48. The van der Waals surface area contributed by atoms with E-state index in [0.717, 1.165) is 19.0 Å². The lowest BCUT2D eigenvalue weighted by Gasteiger charge is -2.10. The molecule has 0 fully saturated rings. The molecule has 1 heterocycles. The van der Waals surface area contributed by atoms with E-state index < -0.39 is 11.6 Å². The van der Waals surface area contributed by atoms with E-state index in [1.54, 1.807) is 10.9 Å². The first-order valence-corrected chi connectivity index (χ1v) is 5.62. The molecule has 96 valence electrons. The summed E-state index contributed by atoms with van der Waals surface area (Å²) in [4.78, 5) is 0. The minimum Gasteiger partial charge on any atom is -0.395 e. The van der Waals surface area contributed by atoms with Gasteiger partial charge in [0.2, 0.25) is 0 Å². The van der Waals surface area contributed by atoms with Gasteiger partial charge in [-0.15, -0.1) is 0 Å². The zero-order valence-corrected chi connectivity index (χ0v) is 9.74. The highest BCUT2D eigenvalue weighted by Gasteiger charge is 2.07.